The third kappa shape index (κ3) is 4.90. The summed E-state index contributed by atoms with van der Waals surface area (Å²) in [6, 6.07) is 17.3. The second-order valence-corrected chi connectivity index (χ2v) is 7.36. The number of carbonyl (C=O) groups is 2. The normalized spacial score (nSPS) is 10.6. The molecule has 0 aliphatic heterocycles. The highest BCUT2D eigenvalue weighted by atomic mass is 35.5. The predicted octanol–water partition coefficient (Wildman–Crippen LogP) is 5.19. The molecule has 1 amide bonds. The molecule has 1 heterocycles. The van der Waals surface area contributed by atoms with Crippen molar-refractivity contribution in [1.29, 1.82) is 0 Å². The fourth-order valence-electron chi connectivity index (χ4n) is 3.46. The summed E-state index contributed by atoms with van der Waals surface area (Å²) in [6.07, 6.45) is 2.46. The summed E-state index contributed by atoms with van der Waals surface area (Å²) in [6.45, 7) is 4.09. The monoisotopic (exact) mass is 406 g/mol. The van der Waals surface area contributed by atoms with Crippen molar-refractivity contribution in [2.45, 2.75) is 26.7 Å². The van der Waals surface area contributed by atoms with Crippen molar-refractivity contribution in [3.63, 3.8) is 0 Å². The number of nitrogens with one attached hydrogen (secondary N) is 1. The first-order valence-corrected chi connectivity index (χ1v) is 9.93. The number of aryl methyl sites for hydroxylation is 3. The highest BCUT2D eigenvalue weighted by Gasteiger charge is 2.22. The van der Waals surface area contributed by atoms with Gasteiger partial charge in [0.15, 0.2) is 6.29 Å². The van der Waals surface area contributed by atoms with Crippen molar-refractivity contribution in [1.82, 2.24) is 10.3 Å². The van der Waals surface area contributed by atoms with E-state index in [1.165, 1.54) is 5.56 Å². The number of pyridine rings is 1. The number of nitrogens with zero attached hydrogens (tertiary/aromatic N) is 1. The van der Waals surface area contributed by atoms with Crippen LogP contribution in [0.1, 0.15) is 44.1 Å². The van der Waals surface area contributed by atoms with E-state index < -0.39 is 0 Å². The van der Waals surface area contributed by atoms with Crippen molar-refractivity contribution >= 4 is 23.8 Å². The Balaban J connectivity index is 1.87. The second kappa shape index (κ2) is 9.48. The molecular weight excluding hydrogens is 384 g/mol. The van der Waals surface area contributed by atoms with Crippen LogP contribution < -0.4 is 5.32 Å². The van der Waals surface area contributed by atoms with Gasteiger partial charge in [-0.3, -0.25) is 14.6 Å². The molecule has 0 bridgehead atoms. The van der Waals surface area contributed by atoms with Crippen LogP contribution >= 0.6 is 11.6 Å². The van der Waals surface area contributed by atoms with Crippen molar-refractivity contribution in [3.05, 3.63) is 87.7 Å². The van der Waals surface area contributed by atoms with E-state index in [0.29, 0.717) is 39.6 Å². The molecule has 0 radical (unpaired) electrons. The van der Waals surface area contributed by atoms with Crippen molar-refractivity contribution in [2.75, 3.05) is 6.54 Å². The Morgan fingerprint density at radius 2 is 1.83 bits per heavy atom. The molecule has 3 aromatic rings. The number of benzene rings is 2. The van der Waals surface area contributed by atoms with E-state index in [1.54, 1.807) is 32.0 Å². The van der Waals surface area contributed by atoms with Gasteiger partial charge in [-0.1, -0.05) is 54.1 Å². The molecule has 0 spiro atoms. The predicted molar refractivity (Wildman–Crippen MR) is 117 cm³/mol. The van der Waals surface area contributed by atoms with Crippen LogP contribution in [-0.2, 0) is 6.42 Å². The molecule has 148 valence electrons. The van der Waals surface area contributed by atoms with Gasteiger partial charge in [0, 0.05) is 28.4 Å². The number of amides is 1. The van der Waals surface area contributed by atoms with Gasteiger partial charge in [0.1, 0.15) is 0 Å². The van der Waals surface area contributed by atoms with Crippen LogP contribution in [0.2, 0.25) is 5.02 Å². The zero-order valence-electron chi connectivity index (χ0n) is 16.5. The van der Waals surface area contributed by atoms with E-state index in [9.17, 15) is 9.59 Å². The molecule has 0 unspecified atom stereocenters. The topological polar surface area (TPSA) is 59.1 Å². The molecule has 0 aliphatic rings. The van der Waals surface area contributed by atoms with Gasteiger partial charge >= 0.3 is 0 Å². The zero-order valence-corrected chi connectivity index (χ0v) is 17.3. The van der Waals surface area contributed by atoms with Crippen LogP contribution in [0.3, 0.4) is 0 Å². The molecule has 5 heteroatoms. The van der Waals surface area contributed by atoms with Crippen LogP contribution in [0.5, 0.6) is 0 Å². The molecule has 0 fully saturated rings. The first kappa shape index (κ1) is 20.7. The Hall–Kier alpha value is -2.98. The Kier molecular flexibility index (Phi) is 6.78. The van der Waals surface area contributed by atoms with Gasteiger partial charge in [0.2, 0.25) is 0 Å². The first-order valence-electron chi connectivity index (χ1n) is 9.55. The largest absolute Gasteiger partial charge is 0.352 e. The van der Waals surface area contributed by atoms with E-state index in [-0.39, 0.29) is 5.91 Å². The standard InChI is InChI=1S/C24H23ClN2O2/c1-16-21(15-28)23(19-11-6-12-20(25)14-19)22(17(2)27-16)24(29)26-13-7-10-18-8-4-3-5-9-18/h3-6,8-9,11-12,14-15H,7,10,13H2,1-2H3,(H,26,29). The highest BCUT2D eigenvalue weighted by Crippen LogP contribution is 2.31. The minimum atomic E-state index is -0.235. The fourth-order valence-corrected chi connectivity index (χ4v) is 3.65. The number of aldehydes is 1. The summed E-state index contributed by atoms with van der Waals surface area (Å²) in [5, 5.41) is 3.52. The smallest absolute Gasteiger partial charge is 0.253 e. The number of aromatic nitrogens is 1. The molecule has 0 aliphatic carbocycles. The lowest BCUT2D eigenvalue weighted by Crippen LogP contribution is -2.27. The molecule has 0 saturated carbocycles. The summed E-state index contributed by atoms with van der Waals surface area (Å²) >= 11 is 6.16. The summed E-state index contributed by atoms with van der Waals surface area (Å²) in [5.41, 5.74) is 4.54. The second-order valence-electron chi connectivity index (χ2n) is 6.92. The maximum absolute atomic E-state index is 13.0. The Morgan fingerprint density at radius 1 is 1.07 bits per heavy atom. The third-order valence-electron chi connectivity index (χ3n) is 4.84. The summed E-state index contributed by atoms with van der Waals surface area (Å²) in [7, 11) is 0. The Labute approximate surface area is 175 Å². The SMILES string of the molecule is Cc1nc(C)c(C(=O)NCCCc2ccccc2)c(-c2cccc(Cl)c2)c1C=O. The molecule has 2 aromatic carbocycles. The van der Waals surface area contributed by atoms with Crippen LogP contribution in [0.15, 0.2) is 54.6 Å². The van der Waals surface area contributed by atoms with E-state index >= 15 is 0 Å². The van der Waals surface area contributed by atoms with Crippen molar-refractivity contribution in [2.24, 2.45) is 0 Å². The average Bonchev–Trinajstić information content (AvgIpc) is 2.71. The van der Waals surface area contributed by atoms with Crippen LogP contribution in [-0.4, -0.2) is 23.7 Å². The van der Waals surface area contributed by atoms with E-state index in [4.69, 9.17) is 11.6 Å². The molecule has 0 atom stereocenters. The minimum Gasteiger partial charge on any atom is -0.352 e. The van der Waals surface area contributed by atoms with Crippen LogP contribution in [0.4, 0.5) is 0 Å². The minimum absolute atomic E-state index is 0.235. The highest BCUT2D eigenvalue weighted by molar-refractivity contribution is 6.31. The molecular formula is C24H23ClN2O2. The first-order chi connectivity index (χ1) is 14.0. The summed E-state index contributed by atoms with van der Waals surface area (Å²) in [5.74, 6) is -0.235. The van der Waals surface area contributed by atoms with Crippen LogP contribution in [0, 0.1) is 13.8 Å². The fraction of sp³-hybridized carbons (Fsp3) is 0.208. The van der Waals surface area contributed by atoms with Gasteiger partial charge in [0.05, 0.1) is 11.3 Å². The van der Waals surface area contributed by atoms with Gasteiger partial charge in [-0.2, -0.15) is 0 Å². The molecule has 1 aromatic heterocycles. The summed E-state index contributed by atoms with van der Waals surface area (Å²) in [4.78, 5) is 29.3. The number of hydrogen-bond acceptors (Lipinski definition) is 3. The van der Waals surface area contributed by atoms with Gasteiger partial charge in [0.25, 0.3) is 5.91 Å². The number of rotatable bonds is 7. The number of halogens is 1. The van der Waals surface area contributed by atoms with E-state index in [2.05, 4.69) is 22.4 Å². The zero-order chi connectivity index (χ0) is 20.8. The molecule has 4 nitrogen and oxygen atoms in total. The summed E-state index contributed by atoms with van der Waals surface area (Å²) < 4.78 is 0. The quantitative estimate of drug-likeness (QED) is 0.433. The third-order valence-corrected chi connectivity index (χ3v) is 5.07. The van der Waals surface area contributed by atoms with Gasteiger partial charge < -0.3 is 5.32 Å². The van der Waals surface area contributed by atoms with Crippen molar-refractivity contribution in [3.8, 4) is 11.1 Å². The van der Waals surface area contributed by atoms with Gasteiger partial charge in [-0.15, -0.1) is 0 Å². The van der Waals surface area contributed by atoms with E-state index in [0.717, 1.165) is 24.7 Å². The Morgan fingerprint density at radius 3 is 2.52 bits per heavy atom. The number of hydrogen-bond donors (Lipinski definition) is 1. The number of carbonyl (C=O) groups excluding carboxylic acids is 2. The molecule has 3 rings (SSSR count). The maximum Gasteiger partial charge on any atom is 0.253 e. The average molecular weight is 407 g/mol. The molecule has 0 saturated heterocycles. The van der Waals surface area contributed by atoms with Gasteiger partial charge in [-0.05, 0) is 49.9 Å². The van der Waals surface area contributed by atoms with Crippen molar-refractivity contribution < 1.29 is 9.59 Å². The molecule has 1 N–H and O–H groups in total. The maximum atomic E-state index is 13.0. The lowest BCUT2D eigenvalue weighted by molar-refractivity contribution is 0.0953. The van der Waals surface area contributed by atoms with Gasteiger partial charge in [-0.25, -0.2) is 0 Å². The van der Waals surface area contributed by atoms with Crippen LogP contribution in [0.25, 0.3) is 11.1 Å². The lowest BCUT2D eigenvalue weighted by atomic mass is 9.92. The lowest BCUT2D eigenvalue weighted by Gasteiger charge is -2.17. The molecule has 29 heavy (non-hydrogen) atoms. The van der Waals surface area contributed by atoms with E-state index in [1.807, 2.05) is 24.3 Å². The Bertz CT molecular complexity index is 1030.